The van der Waals surface area contributed by atoms with Crippen molar-refractivity contribution >= 4 is 28.6 Å². The van der Waals surface area contributed by atoms with Crippen LogP contribution in [0.1, 0.15) is 46.5 Å². The number of amides is 1. The third kappa shape index (κ3) is 5.35. The maximum atomic E-state index is 13.5. The van der Waals surface area contributed by atoms with E-state index in [0.29, 0.717) is 48.8 Å². The topological polar surface area (TPSA) is 113 Å². The number of rotatable bonds is 9. The summed E-state index contributed by atoms with van der Waals surface area (Å²) in [6.07, 6.45) is 2.15. The van der Waals surface area contributed by atoms with Gasteiger partial charge in [-0.15, -0.1) is 0 Å². The average molecular weight is 519 g/mol. The van der Waals surface area contributed by atoms with E-state index in [9.17, 15) is 14.4 Å². The summed E-state index contributed by atoms with van der Waals surface area (Å²) in [5.74, 6) is -0.627. The highest BCUT2D eigenvalue weighted by molar-refractivity contribution is 5.97. The Balaban J connectivity index is 2.04. The first-order valence-corrected chi connectivity index (χ1v) is 12.4. The zero-order valence-electron chi connectivity index (χ0n) is 21.9. The van der Waals surface area contributed by atoms with E-state index in [0.717, 1.165) is 5.56 Å². The van der Waals surface area contributed by atoms with Gasteiger partial charge >= 0.3 is 5.97 Å². The lowest BCUT2D eigenvalue weighted by molar-refractivity contribution is 0.0523. The Morgan fingerprint density at radius 2 is 1.82 bits per heavy atom. The van der Waals surface area contributed by atoms with Crippen molar-refractivity contribution in [1.29, 1.82) is 0 Å². The molecule has 0 aliphatic carbocycles. The molecule has 1 aromatic carbocycles. The van der Waals surface area contributed by atoms with E-state index >= 15 is 0 Å². The highest BCUT2D eigenvalue weighted by Gasteiger charge is 2.20. The van der Waals surface area contributed by atoms with Crippen LogP contribution in [0.25, 0.3) is 16.7 Å². The molecule has 0 aliphatic heterocycles. The molecule has 0 N–H and O–H groups in total. The summed E-state index contributed by atoms with van der Waals surface area (Å²) in [6, 6.07) is 11.6. The van der Waals surface area contributed by atoms with Crippen molar-refractivity contribution < 1.29 is 23.8 Å². The van der Waals surface area contributed by atoms with E-state index in [-0.39, 0.29) is 28.6 Å². The van der Waals surface area contributed by atoms with Crippen molar-refractivity contribution in [2.75, 3.05) is 26.9 Å². The molecule has 4 rings (SSSR count). The number of esters is 1. The van der Waals surface area contributed by atoms with Crippen LogP contribution in [0, 0.1) is 6.92 Å². The van der Waals surface area contributed by atoms with Crippen LogP contribution < -0.4 is 15.8 Å². The summed E-state index contributed by atoms with van der Waals surface area (Å²) in [7, 11) is 1.58. The number of hydrogen-bond donors (Lipinski definition) is 0. The molecule has 1 amide bonds. The fraction of sp³-hybridized carbons (Fsp3) is 0.321. The molecule has 4 aromatic rings. The molecular formula is C28H30N4O6. The average Bonchev–Trinajstić information content (AvgIpc) is 2.91. The fourth-order valence-electron chi connectivity index (χ4n) is 4.17. The van der Waals surface area contributed by atoms with Gasteiger partial charge in [0.25, 0.3) is 11.5 Å². The molecule has 10 nitrogen and oxygen atoms in total. The molecule has 0 unspecified atom stereocenters. The number of carbonyl (C=O) groups excluding carboxylic acids is 2. The summed E-state index contributed by atoms with van der Waals surface area (Å²) in [6.45, 7) is 6.73. The third-order valence-electron chi connectivity index (χ3n) is 5.95. The maximum Gasteiger partial charge on any atom is 0.341 e. The number of benzene rings is 1. The highest BCUT2D eigenvalue weighted by atomic mass is 16.5. The second kappa shape index (κ2) is 11.8. The van der Waals surface area contributed by atoms with Gasteiger partial charge in [-0.1, -0.05) is 6.07 Å². The van der Waals surface area contributed by atoms with E-state index in [2.05, 4.69) is 4.99 Å². The molecule has 0 saturated heterocycles. The zero-order chi connectivity index (χ0) is 27.2. The van der Waals surface area contributed by atoms with E-state index < -0.39 is 11.9 Å². The molecule has 38 heavy (non-hydrogen) atoms. The SMILES string of the molecule is CCOC(=O)c1cc2c(=O)n3cccc(C)c3nc2n(CCCOC)c1=NC(=O)c1ccc(OCC)cc1. The van der Waals surface area contributed by atoms with Crippen LogP contribution in [-0.2, 0) is 16.0 Å². The van der Waals surface area contributed by atoms with E-state index in [1.165, 1.54) is 10.5 Å². The minimum absolute atomic E-state index is 0.00237. The molecule has 0 aliphatic rings. The Hall–Kier alpha value is -4.31. The largest absolute Gasteiger partial charge is 0.494 e. The number of pyridine rings is 2. The summed E-state index contributed by atoms with van der Waals surface area (Å²) in [5.41, 5.74) is 1.62. The van der Waals surface area contributed by atoms with Crippen LogP contribution in [-0.4, -0.2) is 52.8 Å². The predicted octanol–water partition coefficient (Wildman–Crippen LogP) is 3.31. The van der Waals surface area contributed by atoms with Crippen LogP contribution in [0.3, 0.4) is 0 Å². The van der Waals surface area contributed by atoms with Crippen molar-refractivity contribution in [2.24, 2.45) is 4.99 Å². The first-order chi connectivity index (χ1) is 18.4. The first kappa shape index (κ1) is 26.7. The van der Waals surface area contributed by atoms with Crippen LogP contribution in [0.5, 0.6) is 5.75 Å². The Morgan fingerprint density at radius 1 is 1.05 bits per heavy atom. The molecule has 0 fully saturated rings. The third-order valence-corrected chi connectivity index (χ3v) is 5.95. The summed E-state index contributed by atoms with van der Waals surface area (Å²) in [5, 5.41) is 0.209. The van der Waals surface area contributed by atoms with Crippen LogP contribution >= 0.6 is 0 Å². The standard InChI is InChI=1S/C28H30N4O6/c1-5-37-20-12-10-19(11-13-20)26(33)30-25-22(28(35)38-6-2)17-21-24(31(25)15-8-16-36-4)29-23-18(3)9-7-14-32(23)27(21)34/h7,9-14,17H,5-6,8,15-16H2,1-4H3. The van der Waals surface area contributed by atoms with Crippen molar-refractivity contribution in [3.05, 3.63) is 81.2 Å². The van der Waals surface area contributed by atoms with E-state index in [4.69, 9.17) is 19.2 Å². The van der Waals surface area contributed by atoms with E-state index in [1.807, 2.05) is 19.9 Å². The van der Waals surface area contributed by atoms with Gasteiger partial charge in [-0.2, -0.15) is 4.99 Å². The Labute approximate surface area is 219 Å². The molecule has 10 heteroatoms. The van der Waals surface area contributed by atoms with Gasteiger partial charge in [-0.25, -0.2) is 9.78 Å². The molecule has 3 aromatic heterocycles. The number of aromatic nitrogens is 3. The molecule has 198 valence electrons. The monoisotopic (exact) mass is 518 g/mol. The van der Waals surface area contributed by atoms with Gasteiger partial charge in [0.1, 0.15) is 22.6 Å². The lowest BCUT2D eigenvalue weighted by Crippen LogP contribution is -2.33. The second-order valence-corrected chi connectivity index (χ2v) is 8.51. The highest BCUT2D eigenvalue weighted by Crippen LogP contribution is 2.16. The number of ether oxygens (including phenoxy) is 3. The van der Waals surface area contributed by atoms with Crippen molar-refractivity contribution in [3.8, 4) is 5.75 Å². The van der Waals surface area contributed by atoms with Crippen LogP contribution in [0.2, 0.25) is 0 Å². The maximum absolute atomic E-state index is 13.5. The quantitative estimate of drug-likeness (QED) is 0.190. The van der Waals surface area contributed by atoms with Crippen LogP contribution in [0.4, 0.5) is 0 Å². The lowest BCUT2D eigenvalue weighted by Gasteiger charge is -2.15. The Bertz CT molecular complexity index is 1620. The number of carbonyl (C=O) groups is 2. The van der Waals surface area contributed by atoms with Gasteiger partial charge < -0.3 is 18.8 Å². The smallest absolute Gasteiger partial charge is 0.341 e. The molecule has 0 radical (unpaired) electrons. The molecule has 0 bridgehead atoms. The van der Waals surface area contributed by atoms with Gasteiger partial charge in [0.05, 0.1) is 18.6 Å². The molecule has 0 atom stereocenters. The minimum Gasteiger partial charge on any atom is -0.494 e. The minimum atomic E-state index is -0.693. The van der Waals surface area contributed by atoms with Gasteiger partial charge in [0.2, 0.25) is 0 Å². The number of hydrogen-bond acceptors (Lipinski definition) is 7. The second-order valence-electron chi connectivity index (χ2n) is 8.51. The normalized spacial score (nSPS) is 11.7. The first-order valence-electron chi connectivity index (χ1n) is 12.4. The number of methoxy groups -OCH3 is 1. The van der Waals surface area contributed by atoms with Crippen molar-refractivity contribution in [2.45, 2.75) is 33.7 Å². The summed E-state index contributed by atoms with van der Waals surface area (Å²) >= 11 is 0. The van der Waals surface area contributed by atoms with Gasteiger partial charge in [0, 0.05) is 32.0 Å². The zero-order valence-corrected chi connectivity index (χ0v) is 21.9. The summed E-state index contributed by atoms with van der Waals surface area (Å²) < 4.78 is 19.0. The predicted molar refractivity (Wildman–Crippen MR) is 142 cm³/mol. The van der Waals surface area contributed by atoms with Crippen molar-refractivity contribution in [1.82, 2.24) is 14.0 Å². The van der Waals surface area contributed by atoms with E-state index in [1.54, 1.807) is 55.1 Å². The lowest BCUT2D eigenvalue weighted by atomic mass is 10.2. The van der Waals surface area contributed by atoms with Crippen LogP contribution in [0.15, 0.2) is 58.4 Å². The molecule has 0 saturated carbocycles. The number of aryl methyl sites for hydroxylation is 2. The van der Waals surface area contributed by atoms with Gasteiger partial charge in [-0.05, 0) is 69.2 Å². The summed E-state index contributed by atoms with van der Waals surface area (Å²) in [4.78, 5) is 49.0. The van der Waals surface area contributed by atoms with Gasteiger partial charge in [0.15, 0.2) is 5.49 Å². The Morgan fingerprint density at radius 3 is 2.50 bits per heavy atom. The number of fused-ring (bicyclic) bond motifs is 2. The van der Waals surface area contributed by atoms with Crippen molar-refractivity contribution in [3.63, 3.8) is 0 Å². The number of nitrogens with zero attached hydrogens (tertiary/aromatic N) is 4. The molecule has 0 spiro atoms. The Kier molecular flexibility index (Phi) is 8.32. The van der Waals surface area contributed by atoms with Gasteiger partial charge in [-0.3, -0.25) is 14.0 Å². The molecule has 3 heterocycles. The fourth-order valence-corrected chi connectivity index (χ4v) is 4.17. The molecular weight excluding hydrogens is 488 g/mol.